The lowest BCUT2D eigenvalue weighted by molar-refractivity contribution is -0.220. The summed E-state index contributed by atoms with van der Waals surface area (Å²) in [4.78, 5) is 28.5. The van der Waals surface area contributed by atoms with Crippen molar-refractivity contribution in [3.63, 3.8) is 0 Å². The van der Waals surface area contributed by atoms with E-state index >= 15 is 0 Å². The summed E-state index contributed by atoms with van der Waals surface area (Å²) in [6.07, 6.45) is 8.52. The Balaban J connectivity index is 1.45. The molecule has 5 aliphatic carbocycles. The van der Waals surface area contributed by atoms with Crippen molar-refractivity contribution >= 4 is 21.4 Å². The van der Waals surface area contributed by atoms with Crippen LogP contribution in [0.25, 0.3) is 0 Å². The third-order valence-corrected chi connectivity index (χ3v) is 16.2. The molecule has 0 aromatic heterocycles. The van der Waals surface area contributed by atoms with E-state index in [0.29, 0.717) is 11.3 Å². The van der Waals surface area contributed by atoms with Crippen molar-refractivity contribution in [3.8, 4) is 6.07 Å². The molecule has 0 aliphatic heterocycles. The zero-order valence-corrected chi connectivity index (χ0v) is 27.9. The molecule has 0 N–H and O–H groups in total. The number of fused-ring (bicyclic) bond motifs is 7. The number of carbonyl (C=O) groups is 2. The fourth-order valence-corrected chi connectivity index (χ4v) is 13.8. The third-order valence-electron chi connectivity index (χ3n) is 14.2. The van der Waals surface area contributed by atoms with Gasteiger partial charge in [-0.05, 0) is 102 Å². The average molecular weight is 604 g/mol. The number of sulfone groups is 1. The molecule has 5 aliphatic rings. The van der Waals surface area contributed by atoms with E-state index in [4.69, 9.17) is 0 Å². The largest absolute Gasteiger partial charge is 0.299 e. The van der Waals surface area contributed by atoms with Crippen molar-refractivity contribution in [3.05, 3.63) is 42.0 Å². The van der Waals surface area contributed by atoms with Crippen molar-refractivity contribution in [1.29, 1.82) is 5.26 Å². The van der Waals surface area contributed by atoms with E-state index in [1.807, 2.05) is 26.0 Å². The van der Waals surface area contributed by atoms with Gasteiger partial charge in [0.1, 0.15) is 11.9 Å². The van der Waals surface area contributed by atoms with Crippen molar-refractivity contribution in [1.82, 2.24) is 0 Å². The fourth-order valence-electron chi connectivity index (χ4n) is 11.8. The lowest BCUT2D eigenvalue weighted by atomic mass is 9.31. The van der Waals surface area contributed by atoms with Crippen LogP contribution in [0.4, 0.5) is 0 Å². The van der Waals surface area contributed by atoms with Gasteiger partial charge in [0, 0.05) is 17.8 Å². The molecule has 232 valence electrons. The number of Topliss-reactive ketones (excluding diaryl/α,β-unsaturated/α-hetero) is 2. The Morgan fingerprint density at radius 3 is 2.16 bits per heavy atom. The molecule has 0 unspecified atom stereocenters. The number of ketones is 2. The summed E-state index contributed by atoms with van der Waals surface area (Å²) >= 11 is 0. The number of hydrogen-bond donors (Lipinski definition) is 0. The minimum absolute atomic E-state index is 0.0128. The van der Waals surface area contributed by atoms with E-state index in [2.05, 4.69) is 40.7 Å². The van der Waals surface area contributed by atoms with Gasteiger partial charge in [0.2, 0.25) is 0 Å². The number of hydrogen-bond acceptors (Lipinski definition) is 5. The van der Waals surface area contributed by atoms with Gasteiger partial charge in [-0.1, -0.05) is 72.7 Å². The zero-order valence-electron chi connectivity index (χ0n) is 27.1. The van der Waals surface area contributed by atoms with Crippen LogP contribution in [0, 0.1) is 67.5 Å². The van der Waals surface area contributed by atoms with Crippen molar-refractivity contribution in [2.75, 3.05) is 5.75 Å². The molecule has 4 fully saturated rings. The summed E-state index contributed by atoms with van der Waals surface area (Å²) in [5, 5.41) is 9.98. The van der Waals surface area contributed by atoms with Gasteiger partial charge in [-0.3, -0.25) is 9.59 Å². The summed E-state index contributed by atoms with van der Waals surface area (Å²) in [7, 11) is -3.53. The van der Waals surface area contributed by atoms with E-state index in [1.165, 1.54) is 0 Å². The van der Waals surface area contributed by atoms with E-state index in [9.17, 15) is 23.3 Å². The molecular weight excluding hydrogens is 554 g/mol. The Kier molecular flexibility index (Phi) is 6.71. The first-order valence-corrected chi connectivity index (χ1v) is 18.0. The highest BCUT2D eigenvalue weighted by atomic mass is 32.2. The lowest BCUT2D eigenvalue weighted by Crippen LogP contribution is -2.69. The molecule has 6 heteroatoms. The normalized spacial score (nSPS) is 43.3. The molecular formula is C37H49NO4S. The average Bonchev–Trinajstić information content (AvgIpc) is 2.93. The Hall–Kier alpha value is -2.26. The summed E-state index contributed by atoms with van der Waals surface area (Å²) in [6, 6.07) is 11.0. The molecule has 6 rings (SSSR count). The molecule has 8 atom stereocenters. The Labute approximate surface area is 258 Å². The molecule has 43 heavy (non-hydrogen) atoms. The van der Waals surface area contributed by atoms with Crippen molar-refractivity contribution in [2.24, 2.45) is 56.2 Å². The maximum Gasteiger partial charge on any atom is 0.178 e. The van der Waals surface area contributed by atoms with Crippen LogP contribution in [0.1, 0.15) is 99.8 Å². The number of carbonyl (C=O) groups excluding carboxylic acids is 2. The van der Waals surface area contributed by atoms with Gasteiger partial charge in [0.05, 0.1) is 16.2 Å². The highest BCUT2D eigenvalue weighted by Crippen LogP contribution is 2.76. The zero-order chi connectivity index (χ0) is 31.4. The number of nitrogens with zero attached hydrogens (tertiary/aromatic N) is 1. The molecule has 0 saturated heterocycles. The Morgan fingerprint density at radius 1 is 0.860 bits per heavy atom. The minimum atomic E-state index is -3.53. The molecule has 1 aromatic rings. The third kappa shape index (κ3) is 4.15. The predicted octanol–water partition coefficient (Wildman–Crippen LogP) is 7.76. The second-order valence-corrected chi connectivity index (χ2v) is 19.1. The number of rotatable bonds is 3. The quantitative estimate of drug-likeness (QED) is 0.352. The first-order valence-electron chi connectivity index (χ1n) is 16.4. The second kappa shape index (κ2) is 9.38. The van der Waals surface area contributed by atoms with Crippen LogP contribution in [0.2, 0.25) is 0 Å². The van der Waals surface area contributed by atoms with Gasteiger partial charge in [-0.2, -0.15) is 5.26 Å². The Morgan fingerprint density at radius 2 is 1.51 bits per heavy atom. The van der Waals surface area contributed by atoms with Crippen LogP contribution < -0.4 is 0 Å². The first kappa shape index (κ1) is 30.8. The molecule has 0 radical (unpaired) electrons. The maximum atomic E-state index is 14.8. The highest BCUT2D eigenvalue weighted by molar-refractivity contribution is 7.91. The van der Waals surface area contributed by atoms with Crippen molar-refractivity contribution < 1.29 is 18.0 Å². The summed E-state index contributed by atoms with van der Waals surface area (Å²) in [5.41, 5.74) is -1.67. The number of nitriles is 1. The van der Waals surface area contributed by atoms with E-state index in [1.54, 1.807) is 24.3 Å². The Bertz CT molecular complexity index is 1550. The lowest BCUT2D eigenvalue weighted by Gasteiger charge is -2.72. The van der Waals surface area contributed by atoms with Gasteiger partial charge in [0.25, 0.3) is 0 Å². The molecule has 4 saturated carbocycles. The van der Waals surface area contributed by atoms with Crippen LogP contribution in [0.15, 0.2) is 46.9 Å². The van der Waals surface area contributed by atoms with Crippen LogP contribution >= 0.6 is 0 Å². The SMILES string of the molecule is CC1(C)CC[C@]2(CS(=O)(=O)c3ccccc3)CC[C@]3(C)[C@H](C(=O)C[C@@H]4[C@@]5(C)C=C(C#N)C(=O)C(C)(C)[C@@H]5CC[C@]43C)[C@@H]2C1. The van der Waals surface area contributed by atoms with E-state index < -0.39 is 26.1 Å². The molecule has 0 heterocycles. The van der Waals surface area contributed by atoms with Crippen LogP contribution in [-0.2, 0) is 19.4 Å². The topological polar surface area (TPSA) is 92.1 Å². The summed E-state index contributed by atoms with van der Waals surface area (Å²) < 4.78 is 27.8. The standard InChI is InChI=1S/C37H49NO4S/c1-32(2)15-17-37(23-43(41,42)25-11-9-8-10-12-25)18-16-36(7)30(26(37)21-32)27(39)19-29-34(5)20-24(22-38)31(40)33(3,4)28(34)13-14-35(29,36)6/h8-12,20,26,28-30H,13-19,21,23H2,1-7H3/t26-,28-,29+,30-,34-,35+,36+,37+/m0/s1. The molecule has 5 nitrogen and oxygen atoms in total. The van der Waals surface area contributed by atoms with Gasteiger partial charge < -0.3 is 0 Å². The first-order chi connectivity index (χ1) is 19.9. The summed E-state index contributed by atoms with van der Waals surface area (Å²) in [5.74, 6) is 0.235. The second-order valence-electron chi connectivity index (χ2n) is 17.1. The molecule has 0 spiro atoms. The van der Waals surface area contributed by atoms with Crippen LogP contribution in [0.3, 0.4) is 0 Å². The number of allylic oxidation sites excluding steroid dienone is 2. The van der Waals surface area contributed by atoms with Crippen molar-refractivity contribution in [2.45, 2.75) is 105 Å². The molecule has 0 amide bonds. The maximum absolute atomic E-state index is 14.8. The predicted molar refractivity (Wildman–Crippen MR) is 167 cm³/mol. The smallest absolute Gasteiger partial charge is 0.178 e. The molecule has 1 aromatic carbocycles. The monoisotopic (exact) mass is 603 g/mol. The summed E-state index contributed by atoms with van der Waals surface area (Å²) in [6.45, 7) is 15.5. The van der Waals surface area contributed by atoms with Crippen LogP contribution in [-0.4, -0.2) is 25.7 Å². The van der Waals surface area contributed by atoms with Gasteiger partial charge in [0.15, 0.2) is 15.6 Å². The minimum Gasteiger partial charge on any atom is -0.299 e. The number of benzene rings is 1. The van der Waals surface area contributed by atoms with E-state index in [-0.39, 0.29) is 62.8 Å². The fraction of sp³-hybridized carbons (Fsp3) is 0.703. The van der Waals surface area contributed by atoms with Gasteiger partial charge in [-0.15, -0.1) is 0 Å². The van der Waals surface area contributed by atoms with Crippen LogP contribution in [0.5, 0.6) is 0 Å². The highest BCUT2D eigenvalue weighted by Gasteiger charge is 2.72. The molecule has 0 bridgehead atoms. The van der Waals surface area contributed by atoms with Gasteiger partial charge >= 0.3 is 0 Å². The van der Waals surface area contributed by atoms with Gasteiger partial charge in [-0.25, -0.2) is 8.42 Å². The van der Waals surface area contributed by atoms with E-state index in [0.717, 1.165) is 44.9 Å².